The molecule has 0 fully saturated rings. The van der Waals surface area contributed by atoms with E-state index in [2.05, 4.69) is 16.4 Å². The molecule has 8 heteroatoms. The van der Waals surface area contributed by atoms with Gasteiger partial charge in [-0.3, -0.25) is 4.90 Å². The van der Waals surface area contributed by atoms with E-state index in [0.29, 0.717) is 18.7 Å². The van der Waals surface area contributed by atoms with Gasteiger partial charge in [0.25, 0.3) is 0 Å². The minimum absolute atomic E-state index is 0.262. The van der Waals surface area contributed by atoms with Crippen molar-refractivity contribution in [1.29, 1.82) is 0 Å². The van der Waals surface area contributed by atoms with Crippen LogP contribution in [0.1, 0.15) is 24.7 Å². The largest absolute Gasteiger partial charge is 0.492 e. The van der Waals surface area contributed by atoms with Gasteiger partial charge in [0.15, 0.2) is 0 Å². The highest BCUT2D eigenvalue weighted by molar-refractivity contribution is 7.89. The maximum atomic E-state index is 12.5. The number of aromatic nitrogens is 2. The van der Waals surface area contributed by atoms with Crippen LogP contribution in [0.2, 0.25) is 0 Å². The Hall–Kier alpha value is -2.42. The highest BCUT2D eigenvalue weighted by Gasteiger charge is 2.20. The van der Waals surface area contributed by atoms with E-state index in [0.717, 1.165) is 42.2 Å². The van der Waals surface area contributed by atoms with Crippen molar-refractivity contribution in [2.75, 3.05) is 34.3 Å². The standard InChI is InChI=1S/C23H32N4O3S/c1-6-13-27-21-12-11-19(31(28,29)25(3)4)16-20(21)24-23(27)17-26(5)14-15-30-22-10-8-7-9-18(22)2/h7-12,16H,6,13-15,17H2,1-5H3. The molecule has 0 unspecified atom stereocenters. The molecule has 0 saturated carbocycles. The fraction of sp³-hybridized carbons (Fsp3) is 0.435. The monoisotopic (exact) mass is 444 g/mol. The lowest BCUT2D eigenvalue weighted by Gasteiger charge is -2.18. The van der Waals surface area contributed by atoms with Crippen LogP contribution in [0, 0.1) is 6.92 Å². The van der Waals surface area contributed by atoms with Crippen molar-refractivity contribution in [3.63, 3.8) is 0 Å². The second-order valence-electron chi connectivity index (χ2n) is 7.97. The lowest BCUT2D eigenvalue weighted by atomic mass is 10.2. The van der Waals surface area contributed by atoms with Crippen LogP contribution in [-0.4, -0.2) is 61.5 Å². The van der Waals surface area contributed by atoms with Crippen molar-refractivity contribution in [3.05, 3.63) is 53.9 Å². The van der Waals surface area contributed by atoms with Crippen LogP contribution in [0.25, 0.3) is 11.0 Å². The molecule has 168 valence electrons. The van der Waals surface area contributed by atoms with Crippen LogP contribution in [0.15, 0.2) is 47.4 Å². The molecule has 0 atom stereocenters. The predicted molar refractivity (Wildman–Crippen MR) is 124 cm³/mol. The zero-order chi connectivity index (χ0) is 22.6. The van der Waals surface area contributed by atoms with Crippen LogP contribution >= 0.6 is 0 Å². The number of para-hydroxylation sites is 1. The number of sulfonamides is 1. The van der Waals surface area contributed by atoms with E-state index < -0.39 is 10.0 Å². The molecule has 0 bridgehead atoms. The Kier molecular flexibility index (Phi) is 7.35. The fourth-order valence-electron chi connectivity index (χ4n) is 3.47. The number of hydrogen-bond donors (Lipinski definition) is 0. The highest BCUT2D eigenvalue weighted by Crippen LogP contribution is 2.23. The van der Waals surface area contributed by atoms with E-state index in [1.165, 1.54) is 18.4 Å². The summed E-state index contributed by atoms with van der Waals surface area (Å²) in [7, 11) is 1.62. The third-order valence-corrected chi connectivity index (χ3v) is 7.07. The van der Waals surface area contributed by atoms with Crippen molar-refractivity contribution in [1.82, 2.24) is 18.8 Å². The zero-order valence-electron chi connectivity index (χ0n) is 19.0. The highest BCUT2D eigenvalue weighted by atomic mass is 32.2. The molecular formula is C23H32N4O3S. The Labute approximate surface area is 185 Å². The lowest BCUT2D eigenvalue weighted by molar-refractivity contribution is 0.227. The first-order chi connectivity index (χ1) is 14.7. The summed E-state index contributed by atoms with van der Waals surface area (Å²) < 4.78 is 34.3. The summed E-state index contributed by atoms with van der Waals surface area (Å²) >= 11 is 0. The molecule has 2 aromatic carbocycles. The van der Waals surface area contributed by atoms with Crippen LogP contribution < -0.4 is 4.74 Å². The van der Waals surface area contributed by atoms with Crippen LogP contribution in [0.5, 0.6) is 5.75 Å². The molecule has 0 aliphatic rings. The normalized spacial score (nSPS) is 12.2. The first-order valence-electron chi connectivity index (χ1n) is 10.5. The summed E-state index contributed by atoms with van der Waals surface area (Å²) in [6, 6.07) is 13.2. The summed E-state index contributed by atoms with van der Waals surface area (Å²) in [5, 5.41) is 0. The minimum atomic E-state index is -3.49. The molecule has 0 saturated heterocycles. The summed E-state index contributed by atoms with van der Waals surface area (Å²) in [6.07, 6.45) is 0.969. The van der Waals surface area contributed by atoms with Gasteiger partial charge in [-0.1, -0.05) is 25.1 Å². The fourth-order valence-corrected chi connectivity index (χ4v) is 4.40. The van der Waals surface area contributed by atoms with E-state index in [1.54, 1.807) is 12.1 Å². The van der Waals surface area contributed by atoms with Gasteiger partial charge in [0.05, 0.1) is 22.5 Å². The first kappa shape index (κ1) is 23.2. The van der Waals surface area contributed by atoms with Crippen molar-refractivity contribution in [2.24, 2.45) is 0 Å². The minimum Gasteiger partial charge on any atom is -0.492 e. The van der Waals surface area contributed by atoms with Gasteiger partial charge in [-0.25, -0.2) is 17.7 Å². The molecular weight excluding hydrogens is 412 g/mol. The summed E-state index contributed by atoms with van der Waals surface area (Å²) in [6.45, 7) is 6.99. The average molecular weight is 445 g/mol. The van der Waals surface area contributed by atoms with E-state index in [4.69, 9.17) is 9.72 Å². The molecule has 0 radical (unpaired) electrons. The number of likely N-dealkylation sites (N-methyl/N-ethyl adjacent to an activating group) is 1. The number of rotatable bonds is 10. The van der Waals surface area contributed by atoms with Gasteiger partial charge in [0.2, 0.25) is 10.0 Å². The van der Waals surface area contributed by atoms with Crippen molar-refractivity contribution in [3.8, 4) is 5.75 Å². The van der Waals surface area contributed by atoms with Crippen LogP contribution in [-0.2, 0) is 23.1 Å². The predicted octanol–water partition coefficient (Wildman–Crippen LogP) is 3.52. The Morgan fingerprint density at radius 3 is 2.52 bits per heavy atom. The molecule has 0 aliphatic carbocycles. The van der Waals surface area contributed by atoms with Gasteiger partial charge >= 0.3 is 0 Å². The lowest BCUT2D eigenvalue weighted by Crippen LogP contribution is -2.25. The topological polar surface area (TPSA) is 67.7 Å². The quantitative estimate of drug-likeness (QED) is 0.479. The molecule has 31 heavy (non-hydrogen) atoms. The van der Waals surface area contributed by atoms with E-state index in [9.17, 15) is 8.42 Å². The molecule has 7 nitrogen and oxygen atoms in total. The smallest absolute Gasteiger partial charge is 0.242 e. The zero-order valence-corrected chi connectivity index (χ0v) is 19.8. The van der Waals surface area contributed by atoms with Gasteiger partial charge in [0, 0.05) is 27.2 Å². The number of aryl methyl sites for hydroxylation is 2. The number of hydrogen-bond acceptors (Lipinski definition) is 5. The Morgan fingerprint density at radius 2 is 1.84 bits per heavy atom. The number of imidazole rings is 1. The first-order valence-corrected chi connectivity index (χ1v) is 12.0. The maximum absolute atomic E-state index is 12.5. The summed E-state index contributed by atoms with van der Waals surface area (Å²) in [5.41, 5.74) is 2.79. The summed E-state index contributed by atoms with van der Waals surface area (Å²) in [5.74, 6) is 1.83. The molecule has 0 N–H and O–H groups in total. The Balaban J connectivity index is 1.77. The van der Waals surface area contributed by atoms with Gasteiger partial charge in [-0.05, 0) is 50.2 Å². The van der Waals surface area contributed by atoms with E-state index in [-0.39, 0.29) is 4.90 Å². The number of nitrogens with zero attached hydrogens (tertiary/aromatic N) is 4. The van der Waals surface area contributed by atoms with E-state index >= 15 is 0 Å². The van der Waals surface area contributed by atoms with E-state index in [1.807, 2.05) is 44.3 Å². The Morgan fingerprint density at radius 1 is 1.10 bits per heavy atom. The second kappa shape index (κ2) is 9.80. The van der Waals surface area contributed by atoms with Crippen molar-refractivity contribution in [2.45, 2.75) is 38.3 Å². The molecule has 0 spiro atoms. The molecule has 0 amide bonds. The Bertz CT molecular complexity index is 1140. The second-order valence-corrected chi connectivity index (χ2v) is 10.1. The van der Waals surface area contributed by atoms with Crippen LogP contribution in [0.3, 0.4) is 0 Å². The molecule has 3 aromatic rings. The van der Waals surface area contributed by atoms with Gasteiger partial charge in [-0.15, -0.1) is 0 Å². The third-order valence-electron chi connectivity index (χ3n) is 5.26. The summed E-state index contributed by atoms with van der Waals surface area (Å²) in [4.78, 5) is 7.21. The van der Waals surface area contributed by atoms with Gasteiger partial charge < -0.3 is 9.30 Å². The average Bonchev–Trinajstić information content (AvgIpc) is 3.06. The van der Waals surface area contributed by atoms with Crippen molar-refractivity contribution < 1.29 is 13.2 Å². The molecule has 1 aromatic heterocycles. The third kappa shape index (κ3) is 5.26. The number of benzene rings is 2. The SMILES string of the molecule is CCCn1c(CN(C)CCOc2ccccc2C)nc2cc(S(=O)(=O)N(C)C)ccc21. The van der Waals surface area contributed by atoms with Crippen LogP contribution in [0.4, 0.5) is 0 Å². The number of ether oxygens (including phenoxy) is 1. The molecule has 1 heterocycles. The number of fused-ring (bicyclic) bond motifs is 1. The maximum Gasteiger partial charge on any atom is 0.242 e. The molecule has 0 aliphatic heterocycles. The molecule has 3 rings (SSSR count). The van der Waals surface area contributed by atoms with Gasteiger partial charge in [0.1, 0.15) is 18.2 Å². The van der Waals surface area contributed by atoms with Gasteiger partial charge in [-0.2, -0.15) is 0 Å². The van der Waals surface area contributed by atoms with Crippen molar-refractivity contribution >= 4 is 21.1 Å².